The van der Waals surface area contributed by atoms with E-state index in [9.17, 15) is 14.0 Å². The summed E-state index contributed by atoms with van der Waals surface area (Å²) in [6.45, 7) is 0. The largest absolute Gasteiger partial charge is 0.366 e. The van der Waals surface area contributed by atoms with Crippen LogP contribution in [-0.2, 0) is 10.5 Å². The first-order chi connectivity index (χ1) is 11.0. The van der Waals surface area contributed by atoms with Gasteiger partial charge in [-0.25, -0.2) is 4.39 Å². The molecule has 0 saturated heterocycles. The molecule has 0 bridgehead atoms. The highest BCUT2D eigenvalue weighted by Crippen LogP contribution is 2.20. The molecule has 0 aliphatic rings. The van der Waals surface area contributed by atoms with Gasteiger partial charge in [-0.3, -0.25) is 9.59 Å². The molecule has 0 saturated carbocycles. The van der Waals surface area contributed by atoms with Gasteiger partial charge in [0.05, 0.1) is 5.75 Å². The summed E-state index contributed by atoms with van der Waals surface area (Å²) < 4.78 is 14.3. The highest BCUT2D eigenvalue weighted by molar-refractivity contribution is 9.10. The highest BCUT2D eigenvalue weighted by Gasteiger charge is 2.07. The molecule has 2 aromatic rings. The number of thioether (sulfide) groups is 1. The van der Waals surface area contributed by atoms with Crippen LogP contribution in [0.1, 0.15) is 15.9 Å². The van der Waals surface area contributed by atoms with Crippen molar-refractivity contribution in [1.82, 2.24) is 0 Å². The maximum atomic E-state index is 13.6. The van der Waals surface area contributed by atoms with Crippen LogP contribution in [-0.4, -0.2) is 17.6 Å². The zero-order chi connectivity index (χ0) is 16.8. The second-order valence-corrected chi connectivity index (χ2v) is 6.62. The topological polar surface area (TPSA) is 72.2 Å². The predicted octanol–water partition coefficient (Wildman–Crippen LogP) is 3.56. The van der Waals surface area contributed by atoms with E-state index >= 15 is 0 Å². The van der Waals surface area contributed by atoms with Gasteiger partial charge >= 0.3 is 0 Å². The summed E-state index contributed by atoms with van der Waals surface area (Å²) in [4.78, 5) is 22.8. The van der Waals surface area contributed by atoms with Crippen molar-refractivity contribution >= 4 is 45.2 Å². The summed E-state index contributed by atoms with van der Waals surface area (Å²) in [5, 5.41) is 2.70. The first-order valence-electron chi connectivity index (χ1n) is 6.67. The number of amides is 2. The molecule has 23 heavy (non-hydrogen) atoms. The molecule has 0 atom stereocenters. The number of benzene rings is 2. The molecule has 2 aromatic carbocycles. The van der Waals surface area contributed by atoms with Crippen molar-refractivity contribution in [2.24, 2.45) is 5.73 Å². The first kappa shape index (κ1) is 17.5. The third-order valence-corrected chi connectivity index (χ3v) is 4.43. The molecule has 0 heterocycles. The molecule has 3 N–H and O–H groups in total. The molecule has 0 aliphatic heterocycles. The molecule has 7 heteroatoms. The van der Waals surface area contributed by atoms with Crippen molar-refractivity contribution in [2.45, 2.75) is 5.75 Å². The van der Waals surface area contributed by atoms with Gasteiger partial charge in [-0.2, -0.15) is 0 Å². The Hall–Kier alpha value is -1.86. The fraction of sp³-hybridized carbons (Fsp3) is 0.125. The number of halogens is 2. The van der Waals surface area contributed by atoms with Crippen molar-refractivity contribution in [3.63, 3.8) is 0 Å². The highest BCUT2D eigenvalue weighted by atomic mass is 79.9. The lowest BCUT2D eigenvalue weighted by atomic mass is 10.2. The summed E-state index contributed by atoms with van der Waals surface area (Å²) in [5.41, 5.74) is 6.65. The second kappa shape index (κ2) is 8.12. The van der Waals surface area contributed by atoms with Crippen LogP contribution < -0.4 is 11.1 Å². The Labute approximate surface area is 145 Å². The van der Waals surface area contributed by atoms with Gasteiger partial charge in [-0.1, -0.05) is 22.0 Å². The fourth-order valence-electron chi connectivity index (χ4n) is 1.81. The van der Waals surface area contributed by atoms with Crippen molar-refractivity contribution in [3.05, 3.63) is 63.9 Å². The van der Waals surface area contributed by atoms with Gasteiger partial charge in [0, 0.05) is 21.5 Å². The minimum atomic E-state index is -0.519. The molecule has 0 radical (unpaired) electrons. The summed E-state index contributed by atoms with van der Waals surface area (Å²) in [6.07, 6.45) is 0. The van der Waals surface area contributed by atoms with E-state index in [2.05, 4.69) is 21.2 Å². The number of nitrogens with two attached hydrogens (primary N) is 1. The zero-order valence-electron chi connectivity index (χ0n) is 12.0. The Balaban J connectivity index is 1.82. The van der Waals surface area contributed by atoms with Gasteiger partial charge in [0.15, 0.2) is 0 Å². The van der Waals surface area contributed by atoms with E-state index in [1.54, 1.807) is 36.4 Å². The molecule has 0 unspecified atom stereocenters. The van der Waals surface area contributed by atoms with Crippen molar-refractivity contribution in [1.29, 1.82) is 0 Å². The van der Waals surface area contributed by atoms with Gasteiger partial charge in [0.1, 0.15) is 5.82 Å². The standard InChI is InChI=1S/C16H14BrFN2O2S/c17-12-4-1-11(14(18)7-12)8-23-9-15(21)20-13-5-2-10(3-6-13)16(19)22/h1-7H,8-9H2,(H2,19,22)(H,20,21). The SMILES string of the molecule is NC(=O)c1ccc(NC(=O)CSCc2ccc(Br)cc2F)cc1. The monoisotopic (exact) mass is 396 g/mol. The summed E-state index contributed by atoms with van der Waals surface area (Å²) in [7, 11) is 0. The number of rotatable bonds is 6. The Kier molecular flexibility index (Phi) is 6.18. The minimum absolute atomic E-state index is 0.195. The maximum absolute atomic E-state index is 13.6. The third kappa shape index (κ3) is 5.37. The Bertz CT molecular complexity index is 723. The molecule has 0 spiro atoms. The molecule has 0 fully saturated rings. The van der Waals surface area contributed by atoms with E-state index in [0.717, 1.165) is 0 Å². The summed E-state index contributed by atoms with van der Waals surface area (Å²) in [5.74, 6) is -0.399. The quantitative estimate of drug-likeness (QED) is 0.783. The average Bonchev–Trinajstić information content (AvgIpc) is 2.50. The summed E-state index contributed by atoms with van der Waals surface area (Å²) >= 11 is 4.52. The number of primary amides is 1. The number of carbonyl (C=O) groups excluding carboxylic acids is 2. The van der Waals surface area contributed by atoms with Crippen LogP contribution in [0.15, 0.2) is 46.9 Å². The van der Waals surface area contributed by atoms with Crippen LogP contribution in [0.4, 0.5) is 10.1 Å². The number of hydrogen-bond acceptors (Lipinski definition) is 3. The maximum Gasteiger partial charge on any atom is 0.248 e. The van der Waals surface area contributed by atoms with Gasteiger partial charge in [-0.05, 0) is 42.0 Å². The van der Waals surface area contributed by atoms with Gasteiger partial charge in [0.2, 0.25) is 11.8 Å². The lowest BCUT2D eigenvalue weighted by molar-refractivity contribution is -0.113. The van der Waals surface area contributed by atoms with Crippen LogP contribution in [0.5, 0.6) is 0 Å². The second-order valence-electron chi connectivity index (χ2n) is 4.72. The Morgan fingerprint density at radius 3 is 2.48 bits per heavy atom. The van der Waals surface area contributed by atoms with Crippen molar-refractivity contribution < 1.29 is 14.0 Å². The van der Waals surface area contributed by atoms with E-state index in [0.29, 0.717) is 27.0 Å². The molecule has 2 amide bonds. The third-order valence-electron chi connectivity index (χ3n) is 2.96. The fourth-order valence-corrected chi connectivity index (χ4v) is 2.95. The van der Waals surface area contributed by atoms with E-state index in [4.69, 9.17) is 5.73 Å². The van der Waals surface area contributed by atoms with Crippen molar-refractivity contribution in [2.75, 3.05) is 11.1 Å². The van der Waals surface area contributed by atoms with Crippen LogP contribution in [0, 0.1) is 5.82 Å². The molecule has 2 rings (SSSR count). The Morgan fingerprint density at radius 2 is 1.87 bits per heavy atom. The van der Waals surface area contributed by atoms with Gasteiger partial charge in [0.25, 0.3) is 0 Å². The molecule has 120 valence electrons. The van der Waals surface area contributed by atoms with E-state index < -0.39 is 5.91 Å². The normalized spacial score (nSPS) is 10.3. The molecule has 0 aliphatic carbocycles. The van der Waals surface area contributed by atoms with Crippen LogP contribution >= 0.6 is 27.7 Å². The number of carbonyl (C=O) groups is 2. The first-order valence-corrected chi connectivity index (χ1v) is 8.62. The molecule has 4 nitrogen and oxygen atoms in total. The number of hydrogen-bond donors (Lipinski definition) is 2. The lowest BCUT2D eigenvalue weighted by Gasteiger charge is -2.06. The zero-order valence-corrected chi connectivity index (χ0v) is 14.4. The molecule has 0 aromatic heterocycles. The van der Waals surface area contributed by atoms with Crippen LogP contribution in [0.2, 0.25) is 0 Å². The average molecular weight is 397 g/mol. The molecular formula is C16H14BrFN2O2S. The Morgan fingerprint density at radius 1 is 1.17 bits per heavy atom. The van der Waals surface area contributed by atoms with E-state index in [1.807, 2.05) is 0 Å². The van der Waals surface area contributed by atoms with Crippen molar-refractivity contribution in [3.8, 4) is 0 Å². The van der Waals surface area contributed by atoms with Gasteiger partial charge < -0.3 is 11.1 Å². The van der Waals surface area contributed by atoms with Crippen LogP contribution in [0.3, 0.4) is 0 Å². The smallest absolute Gasteiger partial charge is 0.248 e. The van der Waals surface area contributed by atoms with Gasteiger partial charge in [-0.15, -0.1) is 11.8 Å². The van der Waals surface area contributed by atoms with E-state index in [-0.39, 0.29) is 17.5 Å². The molecular weight excluding hydrogens is 383 g/mol. The number of nitrogens with one attached hydrogen (secondary N) is 1. The van der Waals surface area contributed by atoms with E-state index in [1.165, 1.54) is 17.8 Å². The summed E-state index contributed by atoms with van der Waals surface area (Å²) in [6, 6.07) is 11.2. The number of anilines is 1. The van der Waals surface area contributed by atoms with Crippen LogP contribution in [0.25, 0.3) is 0 Å². The minimum Gasteiger partial charge on any atom is -0.366 e. The predicted molar refractivity (Wildman–Crippen MR) is 93.9 cm³/mol. The lowest BCUT2D eigenvalue weighted by Crippen LogP contribution is -2.15.